The summed E-state index contributed by atoms with van der Waals surface area (Å²) in [6.07, 6.45) is 2.81. The van der Waals surface area contributed by atoms with Gasteiger partial charge in [0, 0.05) is 6.07 Å². The average Bonchev–Trinajstić information content (AvgIpc) is 2.01. The molecule has 1 rings (SSSR count). The number of alkyl halides is 1. The molecule has 0 fully saturated rings. The molecule has 3 heteroatoms. The summed E-state index contributed by atoms with van der Waals surface area (Å²) < 4.78 is 0.707. The van der Waals surface area contributed by atoms with Crippen LogP contribution in [0, 0.1) is 17.0 Å². The van der Waals surface area contributed by atoms with Gasteiger partial charge in [0.15, 0.2) is 12.4 Å². The van der Waals surface area contributed by atoms with Crippen molar-refractivity contribution in [3.63, 3.8) is 0 Å². The first kappa shape index (κ1) is 7.90. The molecule has 1 aromatic heterocycles. The Morgan fingerprint density at radius 1 is 1.64 bits per heavy atom. The van der Waals surface area contributed by atoms with Gasteiger partial charge in [-0.3, -0.25) is 0 Å². The molecule has 0 radical (unpaired) electrons. The topological polar surface area (TPSA) is 26.9 Å². The summed E-state index contributed by atoms with van der Waals surface area (Å²) in [5, 5.41) is 10.7. The van der Waals surface area contributed by atoms with Crippen molar-refractivity contribution in [1.29, 1.82) is 0 Å². The van der Waals surface area contributed by atoms with Gasteiger partial charge in [-0.05, 0) is 6.07 Å². The van der Waals surface area contributed by atoms with Crippen LogP contribution in [0.4, 0.5) is 0 Å². The van der Waals surface area contributed by atoms with Gasteiger partial charge in [0.2, 0.25) is 0 Å². The lowest BCUT2D eigenvalue weighted by Crippen LogP contribution is -2.24. The van der Waals surface area contributed by atoms with Crippen molar-refractivity contribution in [3.8, 4) is 11.8 Å². The summed E-state index contributed by atoms with van der Waals surface area (Å²) in [6, 6.07) is 3.40. The van der Waals surface area contributed by atoms with Crippen molar-refractivity contribution >= 4 is 11.6 Å². The van der Waals surface area contributed by atoms with E-state index in [1.165, 1.54) is 12.4 Å². The molecule has 1 heterocycles. The van der Waals surface area contributed by atoms with E-state index in [2.05, 4.69) is 11.8 Å². The first-order chi connectivity index (χ1) is 5.33. The van der Waals surface area contributed by atoms with Crippen molar-refractivity contribution in [2.24, 2.45) is 0 Å². The Hall–Kier alpha value is -1.20. The fraction of sp³-hybridized carbons (Fsp3) is 0.125. The van der Waals surface area contributed by atoms with Gasteiger partial charge in [-0.2, -0.15) is 4.73 Å². The van der Waals surface area contributed by atoms with Crippen LogP contribution in [0.5, 0.6) is 0 Å². The normalized spacial score (nSPS) is 8.45. The highest BCUT2D eigenvalue weighted by molar-refractivity contribution is 6.19. The number of pyridine rings is 1. The van der Waals surface area contributed by atoms with Gasteiger partial charge in [0.05, 0.1) is 11.4 Å². The second-order valence-corrected chi connectivity index (χ2v) is 2.16. The Labute approximate surface area is 70.0 Å². The second kappa shape index (κ2) is 3.85. The van der Waals surface area contributed by atoms with Crippen molar-refractivity contribution < 1.29 is 4.73 Å². The SMILES string of the molecule is [O-][n+]1cccc(C#CCCl)c1. The largest absolute Gasteiger partial charge is 0.619 e. The fourth-order valence-electron chi connectivity index (χ4n) is 0.664. The summed E-state index contributed by atoms with van der Waals surface area (Å²) in [5.74, 6) is 5.67. The molecule has 0 bridgehead atoms. The third-order valence-corrected chi connectivity index (χ3v) is 1.21. The zero-order valence-corrected chi connectivity index (χ0v) is 6.51. The maximum atomic E-state index is 10.7. The van der Waals surface area contributed by atoms with Crippen LogP contribution in [0.1, 0.15) is 5.56 Å². The molecular formula is C8H6ClNO. The number of aromatic nitrogens is 1. The molecule has 0 spiro atoms. The third kappa shape index (κ3) is 2.48. The minimum Gasteiger partial charge on any atom is -0.619 e. The van der Waals surface area contributed by atoms with E-state index in [0.29, 0.717) is 10.3 Å². The van der Waals surface area contributed by atoms with E-state index in [0.717, 1.165) is 0 Å². The highest BCUT2D eigenvalue weighted by Gasteiger charge is 1.89. The number of nitrogens with zero attached hydrogens (tertiary/aromatic N) is 1. The van der Waals surface area contributed by atoms with E-state index in [9.17, 15) is 5.21 Å². The number of hydrogen-bond acceptors (Lipinski definition) is 1. The molecule has 11 heavy (non-hydrogen) atoms. The Kier molecular flexibility index (Phi) is 2.76. The first-order valence-electron chi connectivity index (χ1n) is 3.06. The van der Waals surface area contributed by atoms with E-state index >= 15 is 0 Å². The summed E-state index contributed by atoms with van der Waals surface area (Å²) in [6.45, 7) is 0. The highest BCUT2D eigenvalue weighted by Crippen LogP contribution is 1.89. The molecular weight excluding hydrogens is 162 g/mol. The van der Waals surface area contributed by atoms with Crippen molar-refractivity contribution in [2.45, 2.75) is 0 Å². The Morgan fingerprint density at radius 2 is 2.45 bits per heavy atom. The lowest BCUT2D eigenvalue weighted by molar-refractivity contribution is -0.605. The molecule has 0 aliphatic heterocycles. The minimum absolute atomic E-state index is 0.285. The third-order valence-electron chi connectivity index (χ3n) is 1.07. The first-order valence-corrected chi connectivity index (χ1v) is 3.60. The fourth-order valence-corrected chi connectivity index (χ4v) is 0.731. The van der Waals surface area contributed by atoms with Crippen LogP contribution >= 0.6 is 11.6 Å². The second-order valence-electron chi connectivity index (χ2n) is 1.89. The molecule has 1 aromatic rings. The lowest BCUT2D eigenvalue weighted by atomic mass is 10.3. The van der Waals surface area contributed by atoms with Crippen LogP contribution in [0.25, 0.3) is 0 Å². The van der Waals surface area contributed by atoms with Crippen molar-refractivity contribution in [2.75, 3.05) is 5.88 Å². The smallest absolute Gasteiger partial charge is 0.195 e. The number of rotatable bonds is 0. The van der Waals surface area contributed by atoms with E-state index in [-0.39, 0.29) is 5.88 Å². The summed E-state index contributed by atoms with van der Waals surface area (Å²) >= 11 is 5.33. The van der Waals surface area contributed by atoms with Gasteiger partial charge in [0.25, 0.3) is 0 Å². The summed E-state index contributed by atoms with van der Waals surface area (Å²) in [7, 11) is 0. The highest BCUT2D eigenvalue weighted by atomic mass is 35.5. The van der Waals surface area contributed by atoms with Crippen LogP contribution in [0.2, 0.25) is 0 Å². The van der Waals surface area contributed by atoms with Gasteiger partial charge in [-0.15, -0.1) is 11.6 Å². The lowest BCUT2D eigenvalue weighted by Gasteiger charge is -1.92. The van der Waals surface area contributed by atoms with Crippen LogP contribution in [-0.2, 0) is 0 Å². The summed E-state index contributed by atoms with van der Waals surface area (Å²) in [5.41, 5.74) is 0.683. The number of halogens is 1. The van der Waals surface area contributed by atoms with Gasteiger partial charge < -0.3 is 5.21 Å². The van der Waals surface area contributed by atoms with Crippen LogP contribution < -0.4 is 4.73 Å². The van der Waals surface area contributed by atoms with E-state index in [1.807, 2.05) is 0 Å². The molecule has 56 valence electrons. The van der Waals surface area contributed by atoms with E-state index in [1.54, 1.807) is 12.1 Å². The maximum absolute atomic E-state index is 10.7. The molecule has 0 saturated heterocycles. The minimum atomic E-state index is 0.285. The predicted octanol–water partition coefficient (Wildman–Crippen LogP) is 0.910. The standard InChI is InChI=1S/C8H6ClNO/c9-5-1-3-8-4-2-6-10(11)7-8/h2,4,6-7H,5H2. The van der Waals surface area contributed by atoms with Gasteiger partial charge in [-0.25, -0.2) is 0 Å². The predicted molar refractivity (Wildman–Crippen MR) is 43.0 cm³/mol. The maximum Gasteiger partial charge on any atom is 0.195 e. The quantitative estimate of drug-likeness (QED) is 0.244. The molecule has 0 aliphatic carbocycles. The molecule has 0 saturated carbocycles. The molecule has 2 nitrogen and oxygen atoms in total. The van der Waals surface area contributed by atoms with Crippen LogP contribution in [0.15, 0.2) is 24.5 Å². The molecule has 0 atom stereocenters. The van der Waals surface area contributed by atoms with E-state index in [4.69, 9.17) is 11.6 Å². The monoisotopic (exact) mass is 167 g/mol. The molecule has 0 N–H and O–H groups in total. The van der Waals surface area contributed by atoms with Crippen molar-refractivity contribution in [3.05, 3.63) is 35.3 Å². The van der Waals surface area contributed by atoms with Gasteiger partial charge >= 0.3 is 0 Å². The summed E-state index contributed by atoms with van der Waals surface area (Å²) in [4.78, 5) is 0. The van der Waals surface area contributed by atoms with Crippen LogP contribution in [0.3, 0.4) is 0 Å². The molecule has 0 aromatic carbocycles. The average molecular weight is 168 g/mol. The molecule has 0 aliphatic rings. The zero-order valence-electron chi connectivity index (χ0n) is 5.75. The van der Waals surface area contributed by atoms with E-state index < -0.39 is 0 Å². The van der Waals surface area contributed by atoms with Crippen molar-refractivity contribution in [1.82, 2.24) is 0 Å². The Balaban J connectivity index is 2.87. The Bertz CT molecular complexity index is 300. The zero-order chi connectivity index (χ0) is 8.10. The molecule has 0 unspecified atom stereocenters. The van der Waals surface area contributed by atoms with Gasteiger partial charge in [-0.1, -0.05) is 11.8 Å². The van der Waals surface area contributed by atoms with Gasteiger partial charge in [0.1, 0.15) is 0 Å². The molecule has 0 amide bonds. The van der Waals surface area contributed by atoms with Crippen LogP contribution in [-0.4, -0.2) is 5.88 Å². The Morgan fingerprint density at radius 3 is 3.09 bits per heavy atom. The number of hydrogen-bond donors (Lipinski definition) is 0.